The van der Waals surface area contributed by atoms with Crippen LogP contribution in [0.2, 0.25) is 0 Å². The minimum Gasteiger partial charge on any atom is -0.361 e. The molecule has 0 aliphatic heterocycles. The molecule has 2 rings (SSSR count). The Balaban J connectivity index is 2.19. The van der Waals surface area contributed by atoms with E-state index in [-0.39, 0.29) is 18.3 Å². The molecule has 0 saturated carbocycles. The summed E-state index contributed by atoms with van der Waals surface area (Å²) in [4.78, 5) is 13.7. The van der Waals surface area contributed by atoms with E-state index >= 15 is 0 Å². The molecule has 0 N–H and O–H groups in total. The van der Waals surface area contributed by atoms with Crippen LogP contribution in [-0.2, 0) is 6.54 Å². The van der Waals surface area contributed by atoms with Crippen molar-refractivity contribution >= 4 is 5.91 Å². The second-order valence-electron chi connectivity index (χ2n) is 4.45. The highest BCUT2D eigenvalue weighted by molar-refractivity contribution is 5.95. The van der Waals surface area contributed by atoms with Gasteiger partial charge in [-0.2, -0.15) is 0 Å². The molecular weight excluding hydrogens is 247 g/mol. The number of carbonyl (C=O) groups excluding carboxylic acids is 1. The van der Waals surface area contributed by atoms with Crippen LogP contribution in [0.15, 0.2) is 28.8 Å². The Morgan fingerprint density at radius 2 is 2.05 bits per heavy atom. The molecule has 0 unspecified atom stereocenters. The predicted octanol–water partition coefficient (Wildman–Crippen LogP) is 2.70. The topological polar surface area (TPSA) is 46.3 Å². The molecule has 5 heteroatoms. The summed E-state index contributed by atoms with van der Waals surface area (Å²) in [5, 5.41) is 3.75. The highest BCUT2D eigenvalue weighted by Crippen LogP contribution is 2.16. The van der Waals surface area contributed by atoms with Crippen LogP contribution >= 0.6 is 0 Å². The zero-order chi connectivity index (χ0) is 14.0. The first-order chi connectivity index (χ1) is 9.00. The molecule has 1 aromatic heterocycles. The molecule has 1 amide bonds. The van der Waals surface area contributed by atoms with Gasteiger partial charge in [-0.1, -0.05) is 23.4 Å². The first-order valence-corrected chi connectivity index (χ1v) is 5.92. The lowest BCUT2D eigenvalue weighted by molar-refractivity contribution is 0.0781. The third kappa shape index (κ3) is 2.65. The molecule has 1 aromatic carbocycles. The SMILES string of the molecule is Cc1noc(C)c1C(=O)N(C)Cc1ccccc1F. The van der Waals surface area contributed by atoms with Crippen molar-refractivity contribution in [3.05, 3.63) is 52.7 Å². The third-order valence-corrected chi connectivity index (χ3v) is 2.96. The maximum atomic E-state index is 13.5. The van der Waals surface area contributed by atoms with Crippen molar-refractivity contribution in [2.45, 2.75) is 20.4 Å². The van der Waals surface area contributed by atoms with Gasteiger partial charge in [-0.05, 0) is 19.9 Å². The molecule has 4 nitrogen and oxygen atoms in total. The average molecular weight is 262 g/mol. The smallest absolute Gasteiger partial charge is 0.259 e. The molecule has 0 radical (unpaired) electrons. The fourth-order valence-corrected chi connectivity index (χ4v) is 1.93. The lowest BCUT2D eigenvalue weighted by Crippen LogP contribution is -2.27. The minimum atomic E-state index is -0.319. The van der Waals surface area contributed by atoms with Gasteiger partial charge in [0.05, 0.1) is 5.69 Å². The van der Waals surface area contributed by atoms with Gasteiger partial charge in [0.1, 0.15) is 17.1 Å². The number of aromatic nitrogens is 1. The van der Waals surface area contributed by atoms with Crippen molar-refractivity contribution in [3.63, 3.8) is 0 Å². The van der Waals surface area contributed by atoms with Crippen LogP contribution in [0.3, 0.4) is 0 Å². The van der Waals surface area contributed by atoms with Crippen LogP contribution < -0.4 is 0 Å². The Hall–Kier alpha value is -2.17. The number of rotatable bonds is 3. The van der Waals surface area contributed by atoms with Gasteiger partial charge in [-0.25, -0.2) is 4.39 Å². The number of halogens is 1. The largest absolute Gasteiger partial charge is 0.361 e. The zero-order valence-electron chi connectivity index (χ0n) is 11.1. The summed E-state index contributed by atoms with van der Waals surface area (Å²) in [5.41, 5.74) is 1.46. The van der Waals surface area contributed by atoms with Crippen LogP contribution in [-0.4, -0.2) is 23.0 Å². The summed E-state index contributed by atoms with van der Waals surface area (Å²) in [6.45, 7) is 3.60. The lowest BCUT2D eigenvalue weighted by atomic mass is 10.1. The van der Waals surface area contributed by atoms with Crippen molar-refractivity contribution in [2.75, 3.05) is 7.05 Å². The van der Waals surface area contributed by atoms with Gasteiger partial charge >= 0.3 is 0 Å². The molecule has 100 valence electrons. The first-order valence-electron chi connectivity index (χ1n) is 5.92. The lowest BCUT2D eigenvalue weighted by Gasteiger charge is -2.17. The van der Waals surface area contributed by atoms with E-state index in [1.807, 2.05) is 0 Å². The summed E-state index contributed by atoms with van der Waals surface area (Å²) in [6.07, 6.45) is 0. The van der Waals surface area contributed by atoms with E-state index in [1.165, 1.54) is 11.0 Å². The van der Waals surface area contributed by atoms with E-state index in [2.05, 4.69) is 5.16 Å². The van der Waals surface area contributed by atoms with Gasteiger partial charge in [-0.15, -0.1) is 0 Å². The number of amides is 1. The van der Waals surface area contributed by atoms with E-state index in [0.717, 1.165) is 0 Å². The van der Waals surface area contributed by atoms with Crippen molar-refractivity contribution < 1.29 is 13.7 Å². The molecular formula is C14H15FN2O2. The molecule has 0 fully saturated rings. The monoisotopic (exact) mass is 262 g/mol. The molecule has 0 saturated heterocycles. The number of hydrogen-bond acceptors (Lipinski definition) is 3. The van der Waals surface area contributed by atoms with E-state index in [0.29, 0.717) is 22.6 Å². The number of nitrogens with zero attached hydrogens (tertiary/aromatic N) is 2. The molecule has 0 bridgehead atoms. The molecule has 1 heterocycles. The maximum Gasteiger partial charge on any atom is 0.259 e. The van der Waals surface area contributed by atoms with E-state index in [4.69, 9.17) is 4.52 Å². The van der Waals surface area contributed by atoms with Crippen LogP contribution in [0, 0.1) is 19.7 Å². The highest BCUT2D eigenvalue weighted by atomic mass is 19.1. The summed E-state index contributed by atoms with van der Waals surface area (Å²) in [5.74, 6) is -0.0664. The molecule has 0 aliphatic carbocycles. The molecule has 2 aromatic rings. The molecule has 19 heavy (non-hydrogen) atoms. The fourth-order valence-electron chi connectivity index (χ4n) is 1.93. The molecule has 0 spiro atoms. The first kappa shape index (κ1) is 13.3. The minimum absolute atomic E-state index is 0.204. The summed E-state index contributed by atoms with van der Waals surface area (Å²) in [6, 6.07) is 6.40. The van der Waals surface area contributed by atoms with Crippen LogP contribution in [0.25, 0.3) is 0 Å². The number of benzene rings is 1. The summed E-state index contributed by atoms with van der Waals surface area (Å²) >= 11 is 0. The third-order valence-electron chi connectivity index (χ3n) is 2.96. The standard InChI is InChI=1S/C14H15FN2O2/c1-9-13(10(2)19-16-9)14(18)17(3)8-11-6-4-5-7-12(11)15/h4-7H,8H2,1-3H3. The Labute approximate surface area is 110 Å². The van der Waals surface area contributed by atoms with Crippen molar-refractivity contribution in [3.8, 4) is 0 Å². The predicted molar refractivity (Wildman–Crippen MR) is 68.2 cm³/mol. The Morgan fingerprint density at radius 1 is 1.37 bits per heavy atom. The van der Waals surface area contributed by atoms with Crippen molar-refractivity contribution in [1.82, 2.24) is 10.1 Å². The Morgan fingerprint density at radius 3 is 2.63 bits per heavy atom. The van der Waals surface area contributed by atoms with Gasteiger partial charge in [0.15, 0.2) is 0 Å². The summed E-state index contributed by atoms with van der Waals surface area (Å²) in [7, 11) is 1.63. The zero-order valence-corrected chi connectivity index (χ0v) is 11.1. The van der Waals surface area contributed by atoms with Gasteiger partial charge in [0.2, 0.25) is 0 Å². The van der Waals surface area contributed by atoms with Crippen molar-refractivity contribution in [2.24, 2.45) is 0 Å². The van der Waals surface area contributed by atoms with E-state index < -0.39 is 0 Å². The summed E-state index contributed by atoms with van der Waals surface area (Å²) < 4.78 is 18.5. The average Bonchev–Trinajstić information content (AvgIpc) is 2.71. The van der Waals surface area contributed by atoms with Crippen LogP contribution in [0.4, 0.5) is 4.39 Å². The number of aryl methyl sites for hydroxylation is 2. The number of carbonyl (C=O) groups is 1. The highest BCUT2D eigenvalue weighted by Gasteiger charge is 2.21. The van der Waals surface area contributed by atoms with Gasteiger partial charge < -0.3 is 9.42 Å². The second-order valence-corrected chi connectivity index (χ2v) is 4.45. The fraction of sp³-hybridized carbons (Fsp3) is 0.286. The Kier molecular flexibility index (Phi) is 3.64. The van der Waals surface area contributed by atoms with Gasteiger partial charge in [0, 0.05) is 19.2 Å². The maximum absolute atomic E-state index is 13.5. The second kappa shape index (κ2) is 5.22. The van der Waals surface area contributed by atoms with E-state index in [9.17, 15) is 9.18 Å². The Bertz CT molecular complexity index is 588. The molecule has 0 atom stereocenters. The van der Waals surface area contributed by atoms with Gasteiger partial charge in [0.25, 0.3) is 5.91 Å². The van der Waals surface area contributed by atoms with Crippen LogP contribution in [0.5, 0.6) is 0 Å². The number of hydrogen-bond donors (Lipinski definition) is 0. The molecule has 0 aliphatic rings. The quantitative estimate of drug-likeness (QED) is 0.854. The normalized spacial score (nSPS) is 10.5. The van der Waals surface area contributed by atoms with E-state index in [1.54, 1.807) is 39.1 Å². The van der Waals surface area contributed by atoms with Crippen LogP contribution in [0.1, 0.15) is 27.4 Å². The van der Waals surface area contributed by atoms with Gasteiger partial charge in [-0.3, -0.25) is 4.79 Å². The van der Waals surface area contributed by atoms with Crippen molar-refractivity contribution in [1.29, 1.82) is 0 Å².